The number of rotatable bonds is 6. The predicted molar refractivity (Wildman–Crippen MR) is 123 cm³/mol. The van der Waals surface area contributed by atoms with Gasteiger partial charge in [0.15, 0.2) is 5.43 Å². The van der Waals surface area contributed by atoms with Crippen LogP contribution < -0.4 is 15.6 Å². The van der Waals surface area contributed by atoms with E-state index in [4.69, 9.17) is 0 Å². The van der Waals surface area contributed by atoms with Gasteiger partial charge in [-0.15, -0.1) is 0 Å². The topological polar surface area (TPSA) is 70.4 Å². The van der Waals surface area contributed by atoms with E-state index in [0.717, 1.165) is 42.5 Å². The Morgan fingerprint density at radius 1 is 1.22 bits per heavy atom. The molecule has 0 amide bonds. The number of halogens is 1. The van der Waals surface area contributed by atoms with Gasteiger partial charge in [-0.25, -0.2) is 4.39 Å². The van der Waals surface area contributed by atoms with Crippen molar-refractivity contribution in [2.24, 2.45) is 0 Å². The van der Waals surface area contributed by atoms with Gasteiger partial charge in [-0.1, -0.05) is 0 Å². The number of aromatic nitrogens is 2. The molecule has 1 saturated carbocycles. The number of hydrogen-bond donors (Lipinski definition) is 2. The van der Waals surface area contributed by atoms with Gasteiger partial charge in [0.25, 0.3) is 0 Å². The summed E-state index contributed by atoms with van der Waals surface area (Å²) in [6.07, 6.45) is 6.99. The summed E-state index contributed by atoms with van der Waals surface area (Å²) in [5.41, 5.74) is 3.85. The fourth-order valence-corrected chi connectivity index (χ4v) is 4.67. The average molecular weight is 437 g/mol. The van der Waals surface area contributed by atoms with Gasteiger partial charge < -0.3 is 19.9 Å². The molecule has 1 aliphatic carbocycles. The Morgan fingerprint density at radius 3 is 2.81 bits per heavy atom. The van der Waals surface area contributed by atoms with Crippen molar-refractivity contribution in [1.29, 1.82) is 0 Å². The number of β-amino-alcohol motifs (C(OH)–C–C–N with tert-alkyl or cyclic N) is 1. The Labute approximate surface area is 186 Å². The molecule has 2 N–H and O–H groups in total. The summed E-state index contributed by atoms with van der Waals surface area (Å²) in [6, 6.07) is 7.52. The zero-order chi connectivity index (χ0) is 22.2. The third kappa shape index (κ3) is 4.27. The van der Waals surface area contributed by atoms with Crippen LogP contribution >= 0.6 is 0 Å². The lowest BCUT2D eigenvalue weighted by Gasteiger charge is -2.32. The van der Waals surface area contributed by atoms with Gasteiger partial charge >= 0.3 is 0 Å². The minimum Gasteiger partial charge on any atom is -0.391 e. The minimum atomic E-state index is -0.442. The Balaban J connectivity index is 1.47. The third-order valence-electron chi connectivity index (χ3n) is 6.46. The van der Waals surface area contributed by atoms with Gasteiger partial charge in [-0.3, -0.25) is 9.78 Å². The molecule has 32 heavy (non-hydrogen) atoms. The molecule has 1 aromatic carbocycles. The Hall–Kier alpha value is -2.77. The molecule has 6 nitrogen and oxygen atoms in total. The molecule has 1 atom stereocenters. The van der Waals surface area contributed by atoms with Crippen LogP contribution in [-0.2, 0) is 13.1 Å². The van der Waals surface area contributed by atoms with Crippen LogP contribution in [0.5, 0.6) is 0 Å². The van der Waals surface area contributed by atoms with E-state index in [0.29, 0.717) is 48.9 Å². The number of pyridine rings is 2. The van der Waals surface area contributed by atoms with Gasteiger partial charge in [0.2, 0.25) is 0 Å². The first-order valence-electron chi connectivity index (χ1n) is 11.4. The zero-order valence-electron chi connectivity index (χ0n) is 18.4. The van der Waals surface area contributed by atoms with Crippen molar-refractivity contribution in [1.82, 2.24) is 14.9 Å². The lowest BCUT2D eigenvalue weighted by Crippen LogP contribution is -2.38. The highest BCUT2D eigenvalue weighted by Gasteiger charge is 2.27. The van der Waals surface area contributed by atoms with Crippen molar-refractivity contribution in [3.8, 4) is 0 Å². The van der Waals surface area contributed by atoms with E-state index >= 15 is 4.39 Å². The van der Waals surface area contributed by atoms with Crippen LogP contribution in [0.25, 0.3) is 10.9 Å². The quantitative estimate of drug-likeness (QED) is 0.620. The monoisotopic (exact) mass is 436 g/mol. The normalized spacial score (nSPS) is 19.0. The van der Waals surface area contributed by atoms with E-state index in [1.807, 2.05) is 30.2 Å². The fourth-order valence-electron chi connectivity index (χ4n) is 4.67. The first kappa shape index (κ1) is 21.1. The van der Waals surface area contributed by atoms with Crippen molar-refractivity contribution < 1.29 is 9.50 Å². The molecule has 0 bridgehead atoms. The number of anilines is 1. The summed E-state index contributed by atoms with van der Waals surface area (Å²) >= 11 is 0. The molecule has 1 aliphatic heterocycles. The maximum absolute atomic E-state index is 15.1. The molecule has 5 rings (SSSR count). The van der Waals surface area contributed by atoms with Gasteiger partial charge in [0.1, 0.15) is 5.82 Å². The molecule has 2 aliphatic rings. The molecule has 3 heterocycles. The van der Waals surface area contributed by atoms with E-state index in [-0.39, 0.29) is 5.43 Å². The van der Waals surface area contributed by atoms with Crippen LogP contribution in [-0.4, -0.2) is 33.9 Å². The highest BCUT2D eigenvalue weighted by atomic mass is 19.1. The molecule has 1 saturated heterocycles. The van der Waals surface area contributed by atoms with Crippen LogP contribution in [0.4, 0.5) is 10.1 Å². The lowest BCUT2D eigenvalue weighted by molar-refractivity contribution is 0.154. The third-order valence-corrected chi connectivity index (χ3v) is 6.46. The zero-order valence-corrected chi connectivity index (χ0v) is 18.4. The van der Waals surface area contributed by atoms with Crippen LogP contribution in [0, 0.1) is 12.7 Å². The average Bonchev–Trinajstić information content (AvgIpc) is 3.61. The van der Waals surface area contributed by atoms with E-state index in [1.165, 1.54) is 6.07 Å². The number of hydrogen-bond acceptors (Lipinski definition) is 5. The van der Waals surface area contributed by atoms with Gasteiger partial charge in [-0.05, 0) is 62.4 Å². The molecule has 0 radical (unpaired) electrons. The van der Waals surface area contributed by atoms with Crippen LogP contribution in [0.1, 0.15) is 48.5 Å². The summed E-state index contributed by atoms with van der Waals surface area (Å²) in [7, 11) is 0. The van der Waals surface area contributed by atoms with E-state index in [9.17, 15) is 9.90 Å². The molecular formula is C25H29FN4O2. The highest BCUT2D eigenvalue weighted by Crippen LogP contribution is 2.38. The van der Waals surface area contributed by atoms with Gasteiger partial charge in [0.05, 0.1) is 17.3 Å². The number of nitrogens with zero attached hydrogens (tertiary/aromatic N) is 3. The van der Waals surface area contributed by atoms with Crippen molar-refractivity contribution in [2.45, 2.75) is 57.8 Å². The molecule has 1 unspecified atom stereocenters. The summed E-state index contributed by atoms with van der Waals surface area (Å²) in [4.78, 5) is 19.3. The smallest absolute Gasteiger partial charge is 0.193 e. The van der Waals surface area contributed by atoms with Crippen molar-refractivity contribution in [2.75, 3.05) is 18.0 Å². The Morgan fingerprint density at radius 2 is 2.06 bits per heavy atom. The maximum atomic E-state index is 15.1. The number of aryl methyl sites for hydroxylation is 1. The summed E-state index contributed by atoms with van der Waals surface area (Å²) in [6.45, 7) is 4.14. The Kier molecular flexibility index (Phi) is 5.69. The second kappa shape index (κ2) is 8.64. The lowest BCUT2D eigenvalue weighted by atomic mass is 10.1. The number of nitrogens with one attached hydrogen (secondary N) is 1. The minimum absolute atomic E-state index is 0.126. The number of aliphatic hydroxyl groups excluding tert-OH is 1. The van der Waals surface area contributed by atoms with E-state index < -0.39 is 11.9 Å². The number of fused-ring (bicyclic) bond motifs is 1. The van der Waals surface area contributed by atoms with Crippen molar-refractivity contribution >= 4 is 16.6 Å². The maximum Gasteiger partial charge on any atom is 0.193 e. The SMILES string of the molecule is Cc1cc(CNCc2cn(C3CC3)c3cc(N4CCCC(O)C4)c(F)cc3c2=O)ccn1. The molecule has 3 aromatic rings. The van der Waals surface area contributed by atoms with Gasteiger partial charge in [0, 0.05) is 61.3 Å². The first-order chi connectivity index (χ1) is 15.5. The fraction of sp³-hybridized carbons (Fsp3) is 0.440. The molecule has 2 aromatic heterocycles. The first-order valence-corrected chi connectivity index (χ1v) is 11.4. The molecule has 7 heteroatoms. The van der Waals surface area contributed by atoms with Crippen molar-refractivity contribution in [3.63, 3.8) is 0 Å². The second-order valence-corrected chi connectivity index (χ2v) is 9.09. The summed E-state index contributed by atoms with van der Waals surface area (Å²) < 4.78 is 17.3. The molecule has 168 valence electrons. The number of piperidine rings is 1. The number of aliphatic hydroxyl groups is 1. The Bertz CT molecular complexity index is 1200. The van der Waals surface area contributed by atoms with Crippen LogP contribution in [0.15, 0.2) is 41.5 Å². The molecule has 0 spiro atoms. The second-order valence-electron chi connectivity index (χ2n) is 9.09. The predicted octanol–water partition coefficient (Wildman–Crippen LogP) is 3.43. The number of benzene rings is 1. The molecule has 2 fully saturated rings. The highest BCUT2D eigenvalue weighted by molar-refractivity contribution is 5.84. The van der Waals surface area contributed by atoms with Gasteiger partial charge in [-0.2, -0.15) is 0 Å². The van der Waals surface area contributed by atoms with Crippen LogP contribution in [0.3, 0.4) is 0 Å². The summed E-state index contributed by atoms with van der Waals surface area (Å²) in [5.74, 6) is -0.400. The standard InChI is InChI=1S/C25H29FN4O2/c1-16-9-17(6-7-28-16)12-27-13-18-14-30(19-4-5-19)23-11-24(22(26)10-21(23)25(18)32)29-8-2-3-20(31)15-29/h6-7,9-11,14,19-20,27,31H,2-5,8,12-13,15H2,1H3. The summed E-state index contributed by atoms with van der Waals surface area (Å²) in [5, 5.41) is 13.8. The van der Waals surface area contributed by atoms with Crippen molar-refractivity contribution in [3.05, 3.63) is 69.5 Å². The van der Waals surface area contributed by atoms with E-state index in [1.54, 1.807) is 12.3 Å². The van der Waals surface area contributed by atoms with Crippen LogP contribution in [0.2, 0.25) is 0 Å². The molecular weight excluding hydrogens is 407 g/mol. The largest absolute Gasteiger partial charge is 0.391 e. The van der Waals surface area contributed by atoms with E-state index in [2.05, 4.69) is 14.9 Å².